The highest BCUT2D eigenvalue weighted by Crippen LogP contribution is 2.26. The second-order valence-electron chi connectivity index (χ2n) is 8.35. The van der Waals surface area contributed by atoms with Crippen molar-refractivity contribution in [3.63, 3.8) is 0 Å². The van der Waals surface area contributed by atoms with Crippen molar-refractivity contribution in [1.82, 2.24) is 9.78 Å². The van der Waals surface area contributed by atoms with E-state index in [1.807, 2.05) is 62.4 Å². The second-order valence-corrected chi connectivity index (χ2v) is 8.35. The van der Waals surface area contributed by atoms with Gasteiger partial charge < -0.3 is 10.1 Å². The molecule has 1 N–H and O–H groups in total. The first-order chi connectivity index (χ1) is 14.1. The zero-order chi connectivity index (χ0) is 21.9. The molecule has 3 rings (SSSR count). The Labute approximate surface area is 176 Å². The number of amides is 1. The lowest BCUT2D eigenvalue weighted by molar-refractivity contribution is -0.119. The van der Waals surface area contributed by atoms with E-state index in [1.54, 1.807) is 10.7 Å². The van der Waals surface area contributed by atoms with Crippen LogP contribution < -0.4 is 5.32 Å². The van der Waals surface area contributed by atoms with Crippen LogP contribution in [0, 0.1) is 13.8 Å². The maximum absolute atomic E-state index is 12.5. The third-order valence-electron chi connectivity index (χ3n) is 4.69. The number of benzene rings is 2. The van der Waals surface area contributed by atoms with Gasteiger partial charge in [0, 0.05) is 11.5 Å². The number of ether oxygens (including phenoxy) is 1. The van der Waals surface area contributed by atoms with E-state index in [2.05, 4.69) is 31.2 Å². The third-order valence-corrected chi connectivity index (χ3v) is 4.69. The Balaban J connectivity index is 1.75. The first kappa shape index (κ1) is 21.3. The second kappa shape index (κ2) is 8.53. The van der Waals surface area contributed by atoms with Crippen LogP contribution >= 0.6 is 0 Å². The number of nitrogens with zero attached hydrogens (tertiary/aromatic N) is 2. The Morgan fingerprint density at radius 1 is 1.03 bits per heavy atom. The Hall–Kier alpha value is -3.41. The summed E-state index contributed by atoms with van der Waals surface area (Å²) in [5.41, 5.74) is 3.72. The fourth-order valence-electron chi connectivity index (χ4n) is 2.95. The number of nitrogens with one attached hydrogen (secondary N) is 1. The van der Waals surface area contributed by atoms with Crippen molar-refractivity contribution in [3.8, 4) is 5.69 Å². The zero-order valence-electron chi connectivity index (χ0n) is 18.0. The van der Waals surface area contributed by atoms with E-state index in [9.17, 15) is 9.59 Å². The fraction of sp³-hybridized carbons (Fsp3) is 0.292. The quantitative estimate of drug-likeness (QED) is 0.631. The van der Waals surface area contributed by atoms with Gasteiger partial charge in [-0.15, -0.1) is 0 Å². The van der Waals surface area contributed by atoms with Gasteiger partial charge in [0.1, 0.15) is 5.82 Å². The number of carbonyl (C=O) groups excluding carboxylic acids is 2. The maximum atomic E-state index is 12.5. The molecule has 30 heavy (non-hydrogen) atoms. The summed E-state index contributed by atoms with van der Waals surface area (Å²) in [7, 11) is 0. The van der Waals surface area contributed by atoms with Crippen LogP contribution in [-0.2, 0) is 14.9 Å². The van der Waals surface area contributed by atoms with Crippen LogP contribution in [0.2, 0.25) is 0 Å². The van der Waals surface area contributed by atoms with Crippen molar-refractivity contribution in [1.29, 1.82) is 0 Å². The number of rotatable bonds is 5. The number of carbonyl (C=O) groups is 2. The zero-order valence-corrected chi connectivity index (χ0v) is 18.0. The summed E-state index contributed by atoms with van der Waals surface area (Å²) in [5.74, 6) is -0.414. The summed E-state index contributed by atoms with van der Waals surface area (Å²) < 4.78 is 6.92. The number of esters is 1. The Kier molecular flexibility index (Phi) is 6.06. The Morgan fingerprint density at radius 3 is 2.40 bits per heavy atom. The Bertz CT molecular complexity index is 1060. The van der Waals surface area contributed by atoms with Crippen molar-refractivity contribution in [2.24, 2.45) is 0 Å². The molecule has 1 heterocycles. The van der Waals surface area contributed by atoms with Gasteiger partial charge in [0.05, 0.1) is 16.9 Å². The molecule has 3 aromatic rings. The molecule has 0 aliphatic rings. The molecule has 0 fully saturated rings. The molecule has 0 saturated heterocycles. The van der Waals surface area contributed by atoms with Gasteiger partial charge in [0.15, 0.2) is 6.61 Å². The molecule has 0 bridgehead atoms. The van der Waals surface area contributed by atoms with Gasteiger partial charge in [0.2, 0.25) is 0 Å². The molecule has 0 spiro atoms. The van der Waals surface area contributed by atoms with E-state index in [0.29, 0.717) is 11.4 Å². The summed E-state index contributed by atoms with van der Waals surface area (Å²) in [5, 5.41) is 7.48. The predicted molar refractivity (Wildman–Crippen MR) is 117 cm³/mol. The fourth-order valence-corrected chi connectivity index (χ4v) is 2.95. The highest BCUT2D eigenvalue weighted by molar-refractivity contribution is 5.96. The predicted octanol–water partition coefficient (Wildman–Crippen LogP) is 4.58. The average molecular weight is 405 g/mol. The molecule has 0 atom stereocenters. The molecule has 0 saturated carbocycles. The van der Waals surface area contributed by atoms with Crippen LogP contribution in [0.4, 0.5) is 5.82 Å². The van der Waals surface area contributed by atoms with Crippen LogP contribution in [0.1, 0.15) is 48.0 Å². The summed E-state index contributed by atoms with van der Waals surface area (Å²) >= 11 is 0. The van der Waals surface area contributed by atoms with E-state index >= 15 is 0 Å². The van der Waals surface area contributed by atoms with Crippen LogP contribution in [0.25, 0.3) is 5.69 Å². The lowest BCUT2D eigenvalue weighted by Gasteiger charge is -2.14. The number of aromatic nitrogens is 2. The number of para-hydroxylation sites is 1. The van der Waals surface area contributed by atoms with Crippen molar-refractivity contribution in [3.05, 3.63) is 77.0 Å². The topological polar surface area (TPSA) is 73.2 Å². The highest BCUT2D eigenvalue weighted by Gasteiger charge is 2.22. The molecular formula is C24H27N3O3. The molecule has 0 aliphatic heterocycles. The van der Waals surface area contributed by atoms with E-state index in [1.165, 1.54) is 0 Å². The standard InChI is InChI=1S/C24H27N3O3/c1-16-11-12-17(2)19(13-16)23(29)30-15-22(28)25-21-14-20(24(3,4)5)26-27(21)18-9-7-6-8-10-18/h6-14H,15H2,1-5H3,(H,25,28). The molecule has 6 nitrogen and oxygen atoms in total. The first-order valence-electron chi connectivity index (χ1n) is 9.85. The first-order valence-corrected chi connectivity index (χ1v) is 9.85. The van der Waals surface area contributed by atoms with E-state index in [-0.39, 0.29) is 12.0 Å². The van der Waals surface area contributed by atoms with Gasteiger partial charge in [-0.25, -0.2) is 9.48 Å². The molecule has 0 aliphatic carbocycles. The van der Waals surface area contributed by atoms with Crippen molar-refractivity contribution in [2.75, 3.05) is 11.9 Å². The summed E-state index contributed by atoms with van der Waals surface area (Å²) in [6, 6.07) is 17.0. The van der Waals surface area contributed by atoms with E-state index in [4.69, 9.17) is 4.74 Å². The molecule has 1 amide bonds. The molecule has 0 radical (unpaired) electrons. The SMILES string of the molecule is Cc1ccc(C)c(C(=O)OCC(=O)Nc2cc(C(C)(C)C)nn2-c2ccccc2)c1. The van der Waals surface area contributed by atoms with Crippen molar-refractivity contribution < 1.29 is 14.3 Å². The average Bonchev–Trinajstić information content (AvgIpc) is 3.13. The van der Waals surface area contributed by atoms with E-state index < -0.39 is 11.9 Å². The molecule has 6 heteroatoms. The number of aryl methyl sites for hydroxylation is 2. The summed E-state index contributed by atoms with van der Waals surface area (Å²) in [6.07, 6.45) is 0. The van der Waals surface area contributed by atoms with Crippen LogP contribution in [0.15, 0.2) is 54.6 Å². The lowest BCUT2D eigenvalue weighted by Crippen LogP contribution is -2.22. The monoisotopic (exact) mass is 405 g/mol. The minimum absolute atomic E-state index is 0.186. The summed E-state index contributed by atoms with van der Waals surface area (Å²) in [4.78, 5) is 24.9. The number of hydrogen-bond donors (Lipinski definition) is 1. The molecular weight excluding hydrogens is 378 g/mol. The molecule has 0 unspecified atom stereocenters. The normalized spacial score (nSPS) is 11.2. The smallest absolute Gasteiger partial charge is 0.338 e. The minimum Gasteiger partial charge on any atom is -0.452 e. The largest absolute Gasteiger partial charge is 0.452 e. The van der Waals surface area contributed by atoms with Crippen molar-refractivity contribution in [2.45, 2.75) is 40.0 Å². The van der Waals surface area contributed by atoms with Gasteiger partial charge in [-0.05, 0) is 37.6 Å². The molecule has 2 aromatic carbocycles. The minimum atomic E-state index is -0.515. The lowest BCUT2D eigenvalue weighted by atomic mass is 9.92. The van der Waals surface area contributed by atoms with Crippen LogP contribution in [-0.4, -0.2) is 28.3 Å². The molecule has 1 aromatic heterocycles. The van der Waals surface area contributed by atoms with Gasteiger partial charge in [-0.3, -0.25) is 4.79 Å². The Morgan fingerprint density at radius 2 is 1.73 bits per heavy atom. The number of anilines is 1. The van der Waals surface area contributed by atoms with Gasteiger partial charge in [-0.2, -0.15) is 5.10 Å². The van der Waals surface area contributed by atoms with Gasteiger partial charge in [-0.1, -0.05) is 56.7 Å². The van der Waals surface area contributed by atoms with Gasteiger partial charge >= 0.3 is 5.97 Å². The number of hydrogen-bond acceptors (Lipinski definition) is 4. The van der Waals surface area contributed by atoms with Crippen LogP contribution in [0.5, 0.6) is 0 Å². The maximum Gasteiger partial charge on any atom is 0.338 e. The third kappa shape index (κ3) is 4.95. The van der Waals surface area contributed by atoms with E-state index in [0.717, 1.165) is 22.5 Å². The summed E-state index contributed by atoms with van der Waals surface area (Å²) in [6.45, 7) is 9.53. The van der Waals surface area contributed by atoms with Crippen molar-refractivity contribution >= 4 is 17.7 Å². The van der Waals surface area contributed by atoms with Gasteiger partial charge in [0.25, 0.3) is 5.91 Å². The van der Waals surface area contributed by atoms with Crippen LogP contribution in [0.3, 0.4) is 0 Å². The molecule has 156 valence electrons. The highest BCUT2D eigenvalue weighted by atomic mass is 16.5.